The van der Waals surface area contributed by atoms with Crippen molar-refractivity contribution in [3.8, 4) is 0 Å². The van der Waals surface area contributed by atoms with Crippen molar-refractivity contribution in [3.05, 3.63) is 29.6 Å². The summed E-state index contributed by atoms with van der Waals surface area (Å²) in [5.74, 6) is 0. The Hall–Kier alpha value is -0.930. The highest BCUT2D eigenvalue weighted by atomic mass is 15.2. The van der Waals surface area contributed by atoms with Gasteiger partial charge in [-0.3, -0.25) is 9.88 Å². The average Bonchev–Trinajstić information content (AvgIpc) is 2.34. The summed E-state index contributed by atoms with van der Waals surface area (Å²) >= 11 is 0. The van der Waals surface area contributed by atoms with Crippen molar-refractivity contribution >= 4 is 0 Å². The zero-order chi connectivity index (χ0) is 12.3. The molecule has 94 valence electrons. The van der Waals surface area contributed by atoms with Crippen LogP contribution in [-0.2, 0) is 6.54 Å². The van der Waals surface area contributed by atoms with Crippen LogP contribution in [0.2, 0.25) is 0 Å². The van der Waals surface area contributed by atoms with Crippen LogP contribution in [0.25, 0.3) is 0 Å². The molecule has 1 aliphatic rings. The van der Waals surface area contributed by atoms with Gasteiger partial charge in [-0.25, -0.2) is 0 Å². The molecule has 2 atom stereocenters. The maximum absolute atomic E-state index is 4.49. The Morgan fingerprint density at radius 3 is 3.00 bits per heavy atom. The third-order valence-corrected chi connectivity index (χ3v) is 3.89. The number of aromatic nitrogens is 1. The molecular formula is C14H23N3. The van der Waals surface area contributed by atoms with Crippen LogP contribution >= 0.6 is 0 Å². The van der Waals surface area contributed by atoms with Crippen LogP contribution < -0.4 is 5.32 Å². The van der Waals surface area contributed by atoms with Gasteiger partial charge in [0.25, 0.3) is 0 Å². The van der Waals surface area contributed by atoms with E-state index in [2.05, 4.69) is 42.2 Å². The summed E-state index contributed by atoms with van der Waals surface area (Å²) in [5.41, 5.74) is 2.53. The Bertz CT molecular complexity index is 364. The Morgan fingerprint density at radius 2 is 2.35 bits per heavy atom. The average molecular weight is 233 g/mol. The molecule has 2 heterocycles. The highest BCUT2D eigenvalue weighted by Crippen LogP contribution is 2.19. The van der Waals surface area contributed by atoms with Crippen molar-refractivity contribution in [3.63, 3.8) is 0 Å². The molecule has 1 saturated heterocycles. The third kappa shape index (κ3) is 3.05. The number of pyridine rings is 1. The van der Waals surface area contributed by atoms with E-state index in [9.17, 15) is 0 Å². The normalized spacial score (nSPS) is 26.1. The fourth-order valence-electron chi connectivity index (χ4n) is 2.59. The van der Waals surface area contributed by atoms with Gasteiger partial charge < -0.3 is 5.32 Å². The SMILES string of the molecule is CNC1CCN(Cc2ncccc2C)C(C)C1. The molecule has 0 radical (unpaired) electrons. The van der Waals surface area contributed by atoms with Crippen LogP contribution in [-0.4, -0.2) is 35.6 Å². The lowest BCUT2D eigenvalue weighted by molar-refractivity contribution is 0.129. The van der Waals surface area contributed by atoms with Crippen molar-refractivity contribution in [2.24, 2.45) is 0 Å². The highest BCUT2D eigenvalue weighted by Gasteiger charge is 2.24. The lowest BCUT2D eigenvalue weighted by Gasteiger charge is -2.37. The topological polar surface area (TPSA) is 28.2 Å². The summed E-state index contributed by atoms with van der Waals surface area (Å²) in [7, 11) is 2.07. The second-order valence-electron chi connectivity index (χ2n) is 5.10. The Labute approximate surface area is 104 Å². The number of hydrogen-bond acceptors (Lipinski definition) is 3. The molecule has 0 spiro atoms. The second kappa shape index (κ2) is 5.61. The van der Waals surface area contributed by atoms with Crippen LogP contribution in [0, 0.1) is 6.92 Å². The lowest BCUT2D eigenvalue weighted by Crippen LogP contribution is -2.46. The summed E-state index contributed by atoms with van der Waals surface area (Å²) in [6.45, 7) is 6.63. The van der Waals surface area contributed by atoms with E-state index in [1.165, 1.54) is 30.6 Å². The fourth-order valence-corrected chi connectivity index (χ4v) is 2.59. The van der Waals surface area contributed by atoms with Crippen molar-refractivity contribution in [2.45, 2.75) is 45.3 Å². The minimum atomic E-state index is 0.641. The number of aryl methyl sites for hydroxylation is 1. The Balaban J connectivity index is 1.98. The van der Waals surface area contributed by atoms with Gasteiger partial charge in [-0.15, -0.1) is 0 Å². The van der Waals surface area contributed by atoms with Crippen LogP contribution in [0.3, 0.4) is 0 Å². The first-order valence-corrected chi connectivity index (χ1v) is 6.52. The minimum Gasteiger partial charge on any atom is -0.317 e. The van der Waals surface area contributed by atoms with Gasteiger partial charge >= 0.3 is 0 Å². The second-order valence-corrected chi connectivity index (χ2v) is 5.10. The van der Waals surface area contributed by atoms with E-state index in [4.69, 9.17) is 0 Å². The summed E-state index contributed by atoms with van der Waals surface area (Å²) in [6.07, 6.45) is 4.38. The first-order chi connectivity index (χ1) is 8.20. The van der Waals surface area contributed by atoms with E-state index < -0.39 is 0 Å². The zero-order valence-electron chi connectivity index (χ0n) is 11.1. The lowest BCUT2D eigenvalue weighted by atomic mass is 9.98. The predicted octanol–water partition coefficient (Wildman–Crippen LogP) is 1.96. The van der Waals surface area contributed by atoms with E-state index >= 15 is 0 Å². The molecule has 1 aromatic rings. The highest BCUT2D eigenvalue weighted by molar-refractivity contribution is 5.17. The smallest absolute Gasteiger partial charge is 0.0573 e. The van der Waals surface area contributed by atoms with Gasteiger partial charge in [0.1, 0.15) is 0 Å². The summed E-state index contributed by atoms with van der Waals surface area (Å²) in [5, 5.41) is 3.39. The van der Waals surface area contributed by atoms with Crippen LogP contribution in [0.4, 0.5) is 0 Å². The molecule has 2 rings (SSSR count). The molecule has 0 aromatic carbocycles. The molecule has 1 aromatic heterocycles. The summed E-state index contributed by atoms with van der Waals surface area (Å²) in [4.78, 5) is 7.03. The van der Waals surface area contributed by atoms with Crippen LogP contribution in [0.15, 0.2) is 18.3 Å². The van der Waals surface area contributed by atoms with Gasteiger partial charge in [-0.05, 0) is 45.4 Å². The number of piperidine rings is 1. The number of nitrogens with zero attached hydrogens (tertiary/aromatic N) is 2. The molecular weight excluding hydrogens is 210 g/mol. The predicted molar refractivity (Wildman–Crippen MR) is 70.9 cm³/mol. The zero-order valence-corrected chi connectivity index (χ0v) is 11.1. The molecule has 1 fully saturated rings. The van der Waals surface area contributed by atoms with E-state index in [0.717, 1.165) is 6.54 Å². The first kappa shape index (κ1) is 12.5. The van der Waals surface area contributed by atoms with Gasteiger partial charge in [0, 0.05) is 31.4 Å². The van der Waals surface area contributed by atoms with Gasteiger partial charge in [0.2, 0.25) is 0 Å². The largest absolute Gasteiger partial charge is 0.317 e. The minimum absolute atomic E-state index is 0.641. The van der Waals surface area contributed by atoms with E-state index in [-0.39, 0.29) is 0 Å². The van der Waals surface area contributed by atoms with Crippen molar-refractivity contribution in [2.75, 3.05) is 13.6 Å². The van der Waals surface area contributed by atoms with Crippen molar-refractivity contribution in [1.29, 1.82) is 0 Å². The number of likely N-dealkylation sites (tertiary alicyclic amines) is 1. The first-order valence-electron chi connectivity index (χ1n) is 6.52. The third-order valence-electron chi connectivity index (χ3n) is 3.89. The molecule has 0 aliphatic carbocycles. The van der Waals surface area contributed by atoms with E-state index in [0.29, 0.717) is 12.1 Å². The molecule has 1 aliphatic heterocycles. The van der Waals surface area contributed by atoms with Gasteiger partial charge in [-0.2, -0.15) is 0 Å². The Morgan fingerprint density at radius 1 is 1.53 bits per heavy atom. The summed E-state index contributed by atoms with van der Waals surface area (Å²) < 4.78 is 0. The monoisotopic (exact) mass is 233 g/mol. The molecule has 0 amide bonds. The molecule has 2 unspecified atom stereocenters. The molecule has 3 heteroatoms. The number of hydrogen-bond donors (Lipinski definition) is 1. The van der Waals surface area contributed by atoms with Crippen molar-refractivity contribution in [1.82, 2.24) is 15.2 Å². The van der Waals surface area contributed by atoms with Crippen LogP contribution in [0.5, 0.6) is 0 Å². The number of rotatable bonds is 3. The van der Waals surface area contributed by atoms with Gasteiger partial charge in [-0.1, -0.05) is 6.07 Å². The molecule has 3 nitrogen and oxygen atoms in total. The van der Waals surface area contributed by atoms with Crippen molar-refractivity contribution < 1.29 is 0 Å². The van der Waals surface area contributed by atoms with E-state index in [1.807, 2.05) is 12.3 Å². The fraction of sp³-hybridized carbons (Fsp3) is 0.643. The van der Waals surface area contributed by atoms with Crippen LogP contribution in [0.1, 0.15) is 31.0 Å². The maximum Gasteiger partial charge on any atom is 0.0573 e. The molecule has 1 N–H and O–H groups in total. The molecule has 17 heavy (non-hydrogen) atoms. The molecule has 0 bridgehead atoms. The number of nitrogens with one attached hydrogen (secondary N) is 1. The van der Waals surface area contributed by atoms with Gasteiger partial charge in [0.15, 0.2) is 0 Å². The van der Waals surface area contributed by atoms with E-state index in [1.54, 1.807) is 0 Å². The van der Waals surface area contributed by atoms with Gasteiger partial charge in [0.05, 0.1) is 5.69 Å². The molecule has 0 saturated carbocycles. The quantitative estimate of drug-likeness (QED) is 0.865. The standard InChI is InChI=1S/C14H23N3/c1-11-5-4-7-16-14(11)10-17-8-6-13(15-3)9-12(17)2/h4-5,7,12-13,15H,6,8-10H2,1-3H3. The maximum atomic E-state index is 4.49. The summed E-state index contributed by atoms with van der Waals surface area (Å²) in [6, 6.07) is 5.48. The Kier molecular flexibility index (Phi) is 4.13.